The zero-order chi connectivity index (χ0) is 13.9. The molecule has 1 atom stereocenters. The molecular weight excluding hydrogens is 260 g/mol. The SMILES string of the molecule is CN(CC1CCCO1)C(=O)C1(C(N)=S)CCCCC1. The van der Waals surface area contributed by atoms with Gasteiger partial charge in [-0.2, -0.15) is 0 Å². The van der Waals surface area contributed by atoms with Gasteiger partial charge in [-0.15, -0.1) is 0 Å². The molecule has 4 nitrogen and oxygen atoms in total. The van der Waals surface area contributed by atoms with Crippen LogP contribution in [0.15, 0.2) is 0 Å². The largest absolute Gasteiger partial charge is 0.392 e. The average Bonchev–Trinajstić information content (AvgIpc) is 2.91. The first kappa shape index (κ1) is 14.7. The Labute approximate surface area is 120 Å². The number of carbonyl (C=O) groups excluding carboxylic acids is 1. The zero-order valence-corrected chi connectivity index (χ0v) is 12.5. The lowest BCUT2D eigenvalue weighted by Crippen LogP contribution is -2.51. The summed E-state index contributed by atoms with van der Waals surface area (Å²) >= 11 is 5.20. The molecule has 19 heavy (non-hydrogen) atoms. The molecule has 0 aromatic heterocycles. The third kappa shape index (κ3) is 3.08. The topological polar surface area (TPSA) is 55.6 Å². The average molecular weight is 284 g/mol. The van der Waals surface area contributed by atoms with Crippen LogP contribution in [0.25, 0.3) is 0 Å². The van der Waals surface area contributed by atoms with E-state index in [0.717, 1.165) is 45.1 Å². The van der Waals surface area contributed by atoms with Gasteiger partial charge >= 0.3 is 0 Å². The van der Waals surface area contributed by atoms with Gasteiger partial charge in [0.25, 0.3) is 0 Å². The number of rotatable bonds is 4. The van der Waals surface area contributed by atoms with E-state index in [1.54, 1.807) is 4.90 Å². The monoisotopic (exact) mass is 284 g/mol. The minimum atomic E-state index is -0.596. The van der Waals surface area contributed by atoms with Gasteiger partial charge in [0, 0.05) is 20.2 Å². The summed E-state index contributed by atoms with van der Waals surface area (Å²) in [6.45, 7) is 1.47. The number of thiocarbonyl (C=S) groups is 1. The third-order valence-electron chi connectivity index (χ3n) is 4.44. The Balaban J connectivity index is 2.03. The number of nitrogens with two attached hydrogens (primary N) is 1. The maximum absolute atomic E-state index is 12.8. The van der Waals surface area contributed by atoms with Gasteiger partial charge < -0.3 is 15.4 Å². The minimum Gasteiger partial charge on any atom is -0.392 e. The first-order valence-corrected chi connectivity index (χ1v) is 7.64. The summed E-state index contributed by atoms with van der Waals surface area (Å²) < 4.78 is 5.60. The smallest absolute Gasteiger partial charge is 0.235 e. The second-order valence-corrected chi connectivity index (χ2v) is 6.27. The van der Waals surface area contributed by atoms with Crippen LogP contribution in [0.4, 0.5) is 0 Å². The van der Waals surface area contributed by atoms with Crippen LogP contribution in [0, 0.1) is 5.41 Å². The minimum absolute atomic E-state index is 0.0928. The fourth-order valence-corrected chi connectivity index (χ4v) is 3.55. The Morgan fingerprint density at radius 2 is 2.05 bits per heavy atom. The summed E-state index contributed by atoms with van der Waals surface area (Å²) in [5.41, 5.74) is 5.31. The lowest BCUT2D eigenvalue weighted by atomic mass is 9.73. The van der Waals surface area contributed by atoms with Crippen molar-refractivity contribution in [2.24, 2.45) is 11.1 Å². The van der Waals surface area contributed by atoms with Crippen LogP contribution < -0.4 is 5.73 Å². The van der Waals surface area contributed by atoms with E-state index in [9.17, 15) is 4.79 Å². The molecule has 2 aliphatic rings. The zero-order valence-electron chi connectivity index (χ0n) is 11.7. The van der Waals surface area contributed by atoms with E-state index in [2.05, 4.69) is 0 Å². The van der Waals surface area contributed by atoms with Crippen LogP contribution in [0.5, 0.6) is 0 Å². The van der Waals surface area contributed by atoms with Gasteiger partial charge in [-0.1, -0.05) is 31.5 Å². The van der Waals surface area contributed by atoms with Crippen molar-refractivity contribution in [1.82, 2.24) is 4.90 Å². The number of hydrogen-bond donors (Lipinski definition) is 1. The summed E-state index contributed by atoms with van der Waals surface area (Å²) in [5.74, 6) is 0.0928. The van der Waals surface area contributed by atoms with Gasteiger partial charge in [0.1, 0.15) is 0 Å². The van der Waals surface area contributed by atoms with E-state index >= 15 is 0 Å². The van der Waals surface area contributed by atoms with Crippen molar-refractivity contribution < 1.29 is 9.53 Å². The van der Waals surface area contributed by atoms with Crippen LogP contribution in [-0.2, 0) is 9.53 Å². The molecular formula is C14H24N2O2S. The van der Waals surface area contributed by atoms with E-state index in [-0.39, 0.29) is 12.0 Å². The van der Waals surface area contributed by atoms with Crippen molar-refractivity contribution in [3.63, 3.8) is 0 Å². The molecule has 1 heterocycles. The fraction of sp³-hybridized carbons (Fsp3) is 0.857. The third-order valence-corrected chi connectivity index (χ3v) is 4.83. The van der Waals surface area contributed by atoms with Crippen molar-refractivity contribution >= 4 is 23.1 Å². The second kappa shape index (κ2) is 6.18. The highest BCUT2D eigenvalue weighted by atomic mass is 32.1. The molecule has 5 heteroatoms. The van der Waals surface area contributed by atoms with Gasteiger partial charge in [0.2, 0.25) is 5.91 Å². The molecule has 108 valence electrons. The quantitative estimate of drug-likeness (QED) is 0.801. The van der Waals surface area contributed by atoms with Crippen molar-refractivity contribution in [3.05, 3.63) is 0 Å². The number of ether oxygens (including phenoxy) is 1. The first-order valence-electron chi connectivity index (χ1n) is 7.23. The van der Waals surface area contributed by atoms with E-state index < -0.39 is 5.41 Å². The fourth-order valence-electron chi connectivity index (χ4n) is 3.26. The highest BCUT2D eigenvalue weighted by molar-refractivity contribution is 7.80. The molecule has 1 aliphatic carbocycles. The Morgan fingerprint density at radius 1 is 1.37 bits per heavy atom. The summed E-state index contributed by atoms with van der Waals surface area (Å²) in [6, 6.07) is 0. The van der Waals surface area contributed by atoms with Gasteiger partial charge in [-0.3, -0.25) is 4.79 Å². The number of hydrogen-bond acceptors (Lipinski definition) is 3. The molecule has 1 unspecified atom stereocenters. The van der Waals surface area contributed by atoms with Crippen LogP contribution in [0.1, 0.15) is 44.9 Å². The van der Waals surface area contributed by atoms with Crippen molar-refractivity contribution in [3.8, 4) is 0 Å². The van der Waals surface area contributed by atoms with Crippen LogP contribution >= 0.6 is 12.2 Å². The number of nitrogens with zero attached hydrogens (tertiary/aromatic N) is 1. The lowest BCUT2D eigenvalue weighted by Gasteiger charge is -2.38. The van der Waals surface area contributed by atoms with Gasteiger partial charge in [0.05, 0.1) is 16.5 Å². The molecule has 0 aromatic carbocycles. The Kier molecular flexibility index (Phi) is 4.79. The highest BCUT2D eigenvalue weighted by Gasteiger charge is 2.44. The molecule has 1 saturated carbocycles. The maximum Gasteiger partial charge on any atom is 0.235 e. The molecule has 1 amide bonds. The summed E-state index contributed by atoms with van der Waals surface area (Å²) in [5, 5.41) is 0. The lowest BCUT2D eigenvalue weighted by molar-refractivity contribution is -0.139. The Hall–Kier alpha value is -0.680. The Morgan fingerprint density at radius 3 is 2.58 bits per heavy atom. The number of likely N-dealkylation sites (N-methyl/N-ethyl adjacent to an activating group) is 1. The molecule has 2 rings (SSSR count). The molecule has 0 aromatic rings. The second-order valence-electron chi connectivity index (χ2n) is 5.83. The van der Waals surface area contributed by atoms with E-state index in [1.165, 1.54) is 6.42 Å². The molecule has 1 saturated heterocycles. The normalized spacial score (nSPS) is 26.1. The first-order chi connectivity index (χ1) is 9.06. The van der Waals surface area contributed by atoms with E-state index in [0.29, 0.717) is 11.5 Å². The van der Waals surface area contributed by atoms with E-state index in [4.69, 9.17) is 22.7 Å². The van der Waals surface area contributed by atoms with Gasteiger partial charge in [-0.05, 0) is 25.7 Å². The molecule has 1 aliphatic heterocycles. The molecule has 0 bridgehead atoms. The molecule has 2 N–H and O–H groups in total. The van der Waals surface area contributed by atoms with Crippen LogP contribution in [0.2, 0.25) is 0 Å². The number of carbonyl (C=O) groups is 1. The predicted octanol–water partition coefficient (Wildman–Crippen LogP) is 1.86. The summed E-state index contributed by atoms with van der Waals surface area (Å²) in [4.78, 5) is 14.9. The van der Waals surface area contributed by atoms with Gasteiger partial charge in [-0.25, -0.2) is 0 Å². The predicted molar refractivity (Wildman–Crippen MR) is 78.9 cm³/mol. The highest BCUT2D eigenvalue weighted by Crippen LogP contribution is 2.38. The number of amides is 1. The Bertz CT molecular complexity index is 347. The maximum atomic E-state index is 12.8. The molecule has 0 spiro atoms. The molecule has 2 fully saturated rings. The van der Waals surface area contributed by atoms with Crippen molar-refractivity contribution in [2.75, 3.05) is 20.2 Å². The van der Waals surface area contributed by atoms with Crippen molar-refractivity contribution in [1.29, 1.82) is 0 Å². The van der Waals surface area contributed by atoms with Crippen LogP contribution in [-0.4, -0.2) is 42.1 Å². The molecule has 0 radical (unpaired) electrons. The van der Waals surface area contributed by atoms with E-state index in [1.807, 2.05) is 7.05 Å². The van der Waals surface area contributed by atoms with Crippen LogP contribution in [0.3, 0.4) is 0 Å². The van der Waals surface area contributed by atoms with Crippen molar-refractivity contribution in [2.45, 2.75) is 51.0 Å². The van der Waals surface area contributed by atoms with Gasteiger partial charge in [0.15, 0.2) is 0 Å². The summed E-state index contributed by atoms with van der Waals surface area (Å²) in [6.07, 6.45) is 7.17. The summed E-state index contributed by atoms with van der Waals surface area (Å²) in [7, 11) is 1.85. The standard InChI is InChI=1S/C14H24N2O2S/c1-16(10-11-6-5-9-18-11)13(17)14(12(15)19)7-3-2-4-8-14/h11H,2-10H2,1H3,(H2,15,19).